The second kappa shape index (κ2) is 5.38. The quantitative estimate of drug-likeness (QED) is 0.870. The van der Waals surface area contributed by atoms with Crippen LogP contribution in [0, 0.1) is 6.92 Å². The second-order valence-electron chi connectivity index (χ2n) is 4.76. The van der Waals surface area contributed by atoms with Gasteiger partial charge in [-0.15, -0.1) is 11.3 Å². The lowest BCUT2D eigenvalue weighted by molar-refractivity contribution is 0.591. The van der Waals surface area contributed by atoms with Gasteiger partial charge in [-0.25, -0.2) is 18.4 Å². The van der Waals surface area contributed by atoms with E-state index in [4.69, 9.17) is 0 Å². The third kappa shape index (κ3) is 3.39. The summed E-state index contributed by atoms with van der Waals surface area (Å²) < 4.78 is 24.4. The van der Waals surface area contributed by atoms with Crippen molar-refractivity contribution in [3.8, 4) is 0 Å². The molecule has 19 heavy (non-hydrogen) atoms. The number of hydrogen-bond donors (Lipinski definition) is 0. The molecular weight excluding hydrogens is 280 g/mol. The van der Waals surface area contributed by atoms with Crippen molar-refractivity contribution in [3.05, 3.63) is 40.0 Å². The van der Waals surface area contributed by atoms with E-state index in [1.165, 1.54) is 11.3 Å². The number of nitrogens with zero attached hydrogens (tertiary/aromatic N) is 2. The van der Waals surface area contributed by atoms with Crippen LogP contribution < -0.4 is 0 Å². The highest BCUT2D eigenvalue weighted by Crippen LogP contribution is 2.22. The van der Waals surface area contributed by atoms with Crippen LogP contribution in [-0.2, 0) is 15.6 Å². The first-order valence-corrected chi connectivity index (χ1v) is 8.51. The highest BCUT2D eigenvalue weighted by atomic mass is 32.2. The van der Waals surface area contributed by atoms with E-state index in [1.807, 2.05) is 20.8 Å². The van der Waals surface area contributed by atoms with Crippen molar-refractivity contribution in [2.45, 2.75) is 37.5 Å². The van der Waals surface area contributed by atoms with Crippen molar-refractivity contribution in [3.63, 3.8) is 0 Å². The van der Waals surface area contributed by atoms with Crippen LogP contribution in [0.1, 0.15) is 36.0 Å². The summed E-state index contributed by atoms with van der Waals surface area (Å²) in [5, 5.41) is 2.88. The SMILES string of the molecule is Cc1ccc(S(=O)(=O)Cc2csc(C(C)C)n2)nc1. The lowest BCUT2D eigenvalue weighted by atomic mass is 10.2. The molecule has 0 saturated heterocycles. The van der Waals surface area contributed by atoms with E-state index >= 15 is 0 Å². The van der Waals surface area contributed by atoms with Crippen LogP contribution in [0.25, 0.3) is 0 Å². The predicted molar refractivity (Wildman–Crippen MR) is 76.1 cm³/mol. The number of hydrogen-bond acceptors (Lipinski definition) is 5. The highest BCUT2D eigenvalue weighted by Gasteiger charge is 2.19. The Bertz CT molecular complexity index is 658. The third-order valence-electron chi connectivity index (χ3n) is 2.60. The molecule has 2 heterocycles. The van der Waals surface area contributed by atoms with Gasteiger partial charge in [-0.2, -0.15) is 0 Å². The first-order chi connectivity index (χ1) is 8.88. The Morgan fingerprint density at radius 3 is 2.58 bits per heavy atom. The molecule has 0 aromatic carbocycles. The Morgan fingerprint density at radius 2 is 2.05 bits per heavy atom. The Morgan fingerprint density at radius 1 is 1.32 bits per heavy atom. The smallest absolute Gasteiger partial charge is 0.201 e. The van der Waals surface area contributed by atoms with E-state index in [0.717, 1.165) is 10.6 Å². The average Bonchev–Trinajstić information content (AvgIpc) is 2.77. The molecule has 6 heteroatoms. The number of pyridine rings is 1. The second-order valence-corrected chi connectivity index (χ2v) is 7.59. The van der Waals surface area contributed by atoms with E-state index in [0.29, 0.717) is 11.6 Å². The molecule has 2 aromatic rings. The van der Waals surface area contributed by atoms with Crippen LogP contribution in [0.3, 0.4) is 0 Å². The van der Waals surface area contributed by atoms with E-state index in [-0.39, 0.29) is 10.8 Å². The van der Waals surface area contributed by atoms with Gasteiger partial charge >= 0.3 is 0 Å². The molecule has 0 amide bonds. The molecule has 0 atom stereocenters. The molecule has 0 aliphatic rings. The zero-order valence-electron chi connectivity index (χ0n) is 11.1. The summed E-state index contributed by atoms with van der Waals surface area (Å²) in [5.74, 6) is 0.227. The van der Waals surface area contributed by atoms with Gasteiger partial charge in [0.25, 0.3) is 0 Å². The maximum absolute atomic E-state index is 12.2. The van der Waals surface area contributed by atoms with Gasteiger partial charge in [-0.3, -0.25) is 0 Å². The van der Waals surface area contributed by atoms with Crippen LogP contribution in [0.2, 0.25) is 0 Å². The molecular formula is C13H16N2O2S2. The third-order valence-corrected chi connectivity index (χ3v) is 5.35. The summed E-state index contributed by atoms with van der Waals surface area (Å²) >= 11 is 1.50. The zero-order chi connectivity index (χ0) is 14.0. The molecule has 0 radical (unpaired) electrons. The van der Waals surface area contributed by atoms with Crippen LogP contribution >= 0.6 is 11.3 Å². The normalized spacial score (nSPS) is 12.0. The molecule has 0 aliphatic heterocycles. The molecule has 2 aromatic heterocycles. The fourth-order valence-corrected chi connectivity index (χ4v) is 3.68. The van der Waals surface area contributed by atoms with Gasteiger partial charge in [0.05, 0.1) is 16.5 Å². The first kappa shape index (κ1) is 14.1. The van der Waals surface area contributed by atoms with Crippen molar-refractivity contribution >= 4 is 21.2 Å². The molecule has 0 spiro atoms. The Hall–Kier alpha value is -1.27. The van der Waals surface area contributed by atoms with Gasteiger partial charge in [0.2, 0.25) is 9.84 Å². The van der Waals surface area contributed by atoms with Crippen molar-refractivity contribution < 1.29 is 8.42 Å². The largest absolute Gasteiger partial charge is 0.245 e. The van der Waals surface area contributed by atoms with Crippen molar-refractivity contribution in [2.75, 3.05) is 0 Å². The predicted octanol–water partition coefficient (Wildman–Crippen LogP) is 2.94. The van der Waals surface area contributed by atoms with Crippen molar-refractivity contribution in [2.24, 2.45) is 0 Å². The molecule has 0 unspecified atom stereocenters. The monoisotopic (exact) mass is 296 g/mol. The van der Waals surface area contributed by atoms with E-state index in [2.05, 4.69) is 9.97 Å². The molecule has 0 bridgehead atoms. The molecule has 0 fully saturated rings. The van der Waals surface area contributed by atoms with Gasteiger partial charge in [0.1, 0.15) is 0 Å². The Kier molecular flexibility index (Phi) is 4.01. The molecule has 2 rings (SSSR count). The number of rotatable bonds is 4. The summed E-state index contributed by atoms with van der Waals surface area (Å²) in [7, 11) is -3.41. The molecule has 0 aliphatic carbocycles. The van der Waals surface area contributed by atoms with Crippen LogP contribution in [0.15, 0.2) is 28.7 Å². The first-order valence-electron chi connectivity index (χ1n) is 5.98. The summed E-state index contributed by atoms with van der Waals surface area (Å²) in [5.41, 5.74) is 1.53. The lowest BCUT2D eigenvalue weighted by Crippen LogP contribution is -2.07. The van der Waals surface area contributed by atoms with Gasteiger partial charge in [0.15, 0.2) is 5.03 Å². The molecule has 4 nitrogen and oxygen atoms in total. The topological polar surface area (TPSA) is 59.9 Å². The number of aryl methyl sites for hydroxylation is 1. The lowest BCUT2D eigenvalue weighted by Gasteiger charge is -2.02. The fraction of sp³-hybridized carbons (Fsp3) is 0.385. The summed E-state index contributed by atoms with van der Waals surface area (Å²) in [6.07, 6.45) is 1.56. The standard InChI is InChI=1S/C13H16N2O2S2/c1-9(2)13-15-11(7-18-13)8-19(16,17)12-5-4-10(3)6-14-12/h4-7,9H,8H2,1-3H3. The van der Waals surface area contributed by atoms with Crippen molar-refractivity contribution in [1.29, 1.82) is 0 Å². The molecule has 102 valence electrons. The summed E-state index contributed by atoms with van der Waals surface area (Å²) in [6, 6.07) is 3.29. The van der Waals surface area contributed by atoms with Gasteiger partial charge < -0.3 is 0 Å². The van der Waals surface area contributed by atoms with E-state index in [1.54, 1.807) is 23.7 Å². The van der Waals surface area contributed by atoms with Crippen LogP contribution in [0.4, 0.5) is 0 Å². The molecule has 0 N–H and O–H groups in total. The van der Waals surface area contributed by atoms with Gasteiger partial charge in [-0.05, 0) is 18.6 Å². The molecule has 0 saturated carbocycles. The van der Waals surface area contributed by atoms with Crippen LogP contribution in [0.5, 0.6) is 0 Å². The number of sulfone groups is 1. The summed E-state index contributed by atoms with van der Waals surface area (Å²) in [6.45, 7) is 5.95. The minimum Gasteiger partial charge on any atom is -0.245 e. The minimum atomic E-state index is -3.41. The average molecular weight is 296 g/mol. The fourth-order valence-electron chi connectivity index (χ4n) is 1.56. The van der Waals surface area contributed by atoms with E-state index < -0.39 is 9.84 Å². The van der Waals surface area contributed by atoms with Gasteiger partial charge in [-0.1, -0.05) is 19.9 Å². The number of thiazole rings is 1. The highest BCUT2D eigenvalue weighted by molar-refractivity contribution is 7.90. The summed E-state index contributed by atoms with van der Waals surface area (Å²) in [4.78, 5) is 8.33. The maximum atomic E-state index is 12.2. The Balaban J connectivity index is 2.23. The maximum Gasteiger partial charge on any atom is 0.201 e. The van der Waals surface area contributed by atoms with Gasteiger partial charge in [0, 0.05) is 17.5 Å². The Labute approximate surface area is 117 Å². The van der Waals surface area contributed by atoms with E-state index in [9.17, 15) is 8.42 Å². The zero-order valence-corrected chi connectivity index (χ0v) is 12.8. The number of aromatic nitrogens is 2. The minimum absolute atomic E-state index is 0.0910. The van der Waals surface area contributed by atoms with Crippen LogP contribution in [-0.4, -0.2) is 18.4 Å². The van der Waals surface area contributed by atoms with Crippen molar-refractivity contribution in [1.82, 2.24) is 9.97 Å².